The molecule has 1 aliphatic carbocycles. The van der Waals surface area contributed by atoms with Crippen LogP contribution in [0.15, 0.2) is 28.3 Å². The standard InChI is InChI=1S/C21H22N4O4S2/c1-4-29-19(27)16-13-6-5-7-14(13)31-18(16)23-17(26)12(3)30-20-22-15-9-8-11(2)10-25(15)21(28)24-20/h8-10,12H,4-7H2,1-3H3,(H,23,26)/t12-/m1/s1. The predicted molar refractivity (Wildman–Crippen MR) is 120 cm³/mol. The first-order valence-electron chi connectivity index (χ1n) is 10.0. The topological polar surface area (TPSA) is 103 Å². The van der Waals surface area contributed by atoms with E-state index in [1.54, 1.807) is 26.1 Å². The van der Waals surface area contributed by atoms with E-state index in [2.05, 4.69) is 15.3 Å². The van der Waals surface area contributed by atoms with E-state index in [9.17, 15) is 14.4 Å². The van der Waals surface area contributed by atoms with Crippen LogP contribution in [0.25, 0.3) is 5.65 Å². The average Bonchev–Trinajstić information content (AvgIpc) is 3.29. The Balaban J connectivity index is 1.53. The molecule has 0 aliphatic heterocycles. The first kappa shape index (κ1) is 21.5. The van der Waals surface area contributed by atoms with Gasteiger partial charge in [0.15, 0.2) is 5.16 Å². The number of hydrogen-bond donors (Lipinski definition) is 1. The van der Waals surface area contributed by atoms with Crippen LogP contribution in [0.2, 0.25) is 0 Å². The number of amides is 1. The van der Waals surface area contributed by atoms with Crippen LogP contribution in [-0.2, 0) is 22.4 Å². The van der Waals surface area contributed by atoms with Crippen molar-refractivity contribution in [2.75, 3.05) is 11.9 Å². The Hall–Kier alpha value is -2.72. The maximum Gasteiger partial charge on any atom is 0.355 e. The highest BCUT2D eigenvalue weighted by Gasteiger charge is 2.29. The molecule has 1 atom stereocenters. The molecule has 162 valence electrons. The summed E-state index contributed by atoms with van der Waals surface area (Å²) < 4.78 is 6.58. The molecular weight excluding hydrogens is 436 g/mol. The molecule has 0 aromatic carbocycles. The van der Waals surface area contributed by atoms with Crippen LogP contribution < -0.4 is 11.0 Å². The summed E-state index contributed by atoms with van der Waals surface area (Å²) in [6.45, 7) is 5.63. The Morgan fingerprint density at radius 3 is 2.90 bits per heavy atom. The summed E-state index contributed by atoms with van der Waals surface area (Å²) in [6.07, 6.45) is 4.40. The molecule has 3 aromatic rings. The van der Waals surface area contributed by atoms with E-state index in [-0.39, 0.29) is 17.7 Å². The molecule has 0 bridgehead atoms. The first-order valence-corrected chi connectivity index (χ1v) is 11.7. The quantitative estimate of drug-likeness (QED) is 0.447. The number of rotatable bonds is 6. The lowest BCUT2D eigenvalue weighted by atomic mass is 10.1. The lowest BCUT2D eigenvalue weighted by molar-refractivity contribution is -0.115. The molecule has 4 rings (SSSR count). The SMILES string of the molecule is CCOC(=O)c1c(NC(=O)[C@@H](C)Sc2nc(=O)n3cc(C)ccc3n2)sc2c1CCC2. The zero-order chi connectivity index (χ0) is 22.1. The van der Waals surface area contributed by atoms with Crippen molar-refractivity contribution in [1.29, 1.82) is 0 Å². The van der Waals surface area contributed by atoms with Crippen molar-refractivity contribution >= 4 is 45.6 Å². The Labute approximate surface area is 187 Å². The maximum absolute atomic E-state index is 12.9. The van der Waals surface area contributed by atoms with Gasteiger partial charge in [-0.2, -0.15) is 4.98 Å². The predicted octanol–water partition coefficient (Wildman–Crippen LogP) is 3.24. The van der Waals surface area contributed by atoms with E-state index in [1.807, 2.05) is 13.0 Å². The number of ether oxygens (including phenoxy) is 1. The fourth-order valence-electron chi connectivity index (χ4n) is 3.49. The van der Waals surface area contributed by atoms with Gasteiger partial charge in [-0.05, 0) is 57.2 Å². The number of fused-ring (bicyclic) bond motifs is 2. The van der Waals surface area contributed by atoms with Crippen LogP contribution in [0.5, 0.6) is 0 Å². The largest absolute Gasteiger partial charge is 0.462 e. The number of esters is 1. The Morgan fingerprint density at radius 1 is 1.32 bits per heavy atom. The molecule has 10 heteroatoms. The number of hydrogen-bond acceptors (Lipinski definition) is 8. The van der Waals surface area contributed by atoms with Gasteiger partial charge in [0.25, 0.3) is 0 Å². The van der Waals surface area contributed by atoms with Gasteiger partial charge in [0.1, 0.15) is 10.6 Å². The van der Waals surface area contributed by atoms with Crippen LogP contribution >= 0.6 is 23.1 Å². The van der Waals surface area contributed by atoms with Crippen molar-refractivity contribution in [2.24, 2.45) is 0 Å². The zero-order valence-corrected chi connectivity index (χ0v) is 19.1. The van der Waals surface area contributed by atoms with E-state index in [1.165, 1.54) is 15.7 Å². The number of nitrogens with zero attached hydrogens (tertiary/aromatic N) is 3. The lowest BCUT2D eigenvalue weighted by Crippen LogP contribution is -2.25. The minimum Gasteiger partial charge on any atom is -0.462 e. The third-order valence-corrected chi connectivity index (χ3v) is 7.14. The molecule has 3 aromatic heterocycles. The van der Waals surface area contributed by atoms with Gasteiger partial charge in [-0.15, -0.1) is 11.3 Å². The monoisotopic (exact) mass is 458 g/mol. The van der Waals surface area contributed by atoms with E-state index >= 15 is 0 Å². The molecule has 3 heterocycles. The molecule has 1 amide bonds. The third kappa shape index (κ3) is 4.35. The fraction of sp³-hybridized carbons (Fsp3) is 0.381. The second kappa shape index (κ2) is 8.80. The minimum atomic E-state index is -0.570. The lowest BCUT2D eigenvalue weighted by Gasteiger charge is -2.12. The second-order valence-electron chi connectivity index (χ2n) is 7.25. The summed E-state index contributed by atoms with van der Waals surface area (Å²) >= 11 is 2.53. The van der Waals surface area contributed by atoms with Crippen molar-refractivity contribution in [1.82, 2.24) is 14.4 Å². The van der Waals surface area contributed by atoms with Crippen LogP contribution in [0.4, 0.5) is 5.00 Å². The van der Waals surface area contributed by atoms with Gasteiger partial charge >= 0.3 is 11.7 Å². The van der Waals surface area contributed by atoms with Gasteiger partial charge < -0.3 is 10.1 Å². The number of pyridine rings is 1. The van der Waals surface area contributed by atoms with Crippen LogP contribution in [0.3, 0.4) is 0 Å². The van der Waals surface area contributed by atoms with Gasteiger partial charge in [0.2, 0.25) is 5.91 Å². The van der Waals surface area contributed by atoms with Crippen molar-refractivity contribution in [3.63, 3.8) is 0 Å². The normalized spacial score (nSPS) is 13.8. The van der Waals surface area contributed by atoms with Gasteiger partial charge in [-0.1, -0.05) is 17.8 Å². The molecule has 1 aliphatic rings. The fourth-order valence-corrected chi connectivity index (χ4v) is 5.53. The van der Waals surface area contributed by atoms with Crippen molar-refractivity contribution in [3.8, 4) is 0 Å². The summed E-state index contributed by atoms with van der Waals surface area (Å²) in [6, 6.07) is 3.60. The molecule has 1 N–H and O–H groups in total. The highest BCUT2D eigenvalue weighted by molar-refractivity contribution is 8.00. The second-order valence-corrected chi connectivity index (χ2v) is 9.67. The zero-order valence-electron chi connectivity index (χ0n) is 17.4. The third-order valence-electron chi connectivity index (χ3n) is 4.97. The number of nitrogens with one attached hydrogen (secondary N) is 1. The van der Waals surface area contributed by atoms with Gasteiger partial charge in [-0.3, -0.25) is 9.20 Å². The van der Waals surface area contributed by atoms with Crippen molar-refractivity contribution < 1.29 is 14.3 Å². The summed E-state index contributed by atoms with van der Waals surface area (Å²) in [4.78, 5) is 47.1. The average molecular weight is 459 g/mol. The van der Waals surface area contributed by atoms with Crippen molar-refractivity contribution in [2.45, 2.75) is 50.4 Å². The molecule has 8 nitrogen and oxygen atoms in total. The highest BCUT2D eigenvalue weighted by Crippen LogP contribution is 2.39. The number of carbonyl (C=O) groups excluding carboxylic acids is 2. The molecule has 0 fully saturated rings. The van der Waals surface area contributed by atoms with E-state index in [0.717, 1.165) is 47.0 Å². The molecule has 0 saturated heterocycles. The number of anilines is 1. The molecule has 0 unspecified atom stereocenters. The van der Waals surface area contributed by atoms with Gasteiger partial charge in [0, 0.05) is 11.1 Å². The number of thiophene rings is 1. The Bertz CT molecular complexity index is 1230. The number of carbonyl (C=O) groups is 2. The summed E-state index contributed by atoms with van der Waals surface area (Å²) in [5.41, 5.74) is 2.41. The highest BCUT2D eigenvalue weighted by atomic mass is 32.2. The maximum atomic E-state index is 12.9. The molecule has 31 heavy (non-hydrogen) atoms. The summed E-state index contributed by atoms with van der Waals surface area (Å²) in [5.74, 6) is -0.693. The van der Waals surface area contributed by atoms with E-state index in [4.69, 9.17) is 4.74 Å². The molecule has 0 spiro atoms. The van der Waals surface area contributed by atoms with Gasteiger partial charge in [-0.25, -0.2) is 14.6 Å². The minimum absolute atomic E-state index is 0.232. The van der Waals surface area contributed by atoms with Crippen LogP contribution in [0.1, 0.15) is 46.6 Å². The van der Waals surface area contributed by atoms with Gasteiger partial charge in [0.05, 0.1) is 17.4 Å². The first-order chi connectivity index (χ1) is 14.9. The molecule has 0 radical (unpaired) electrons. The van der Waals surface area contributed by atoms with E-state index < -0.39 is 16.9 Å². The molecular formula is C21H22N4O4S2. The summed E-state index contributed by atoms with van der Waals surface area (Å²) in [7, 11) is 0. The van der Waals surface area contributed by atoms with E-state index in [0.29, 0.717) is 16.2 Å². The molecule has 0 saturated carbocycles. The van der Waals surface area contributed by atoms with Crippen LogP contribution in [0, 0.1) is 6.92 Å². The smallest absolute Gasteiger partial charge is 0.355 e. The van der Waals surface area contributed by atoms with Crippen molar-refractivity contribution in [3.05, 3.63) is 50.4 Å². The summed E-state index contributed by atoms with van der Waals surface area (Å²) in [5, 5.41) is 3.06. The Morgan fingerprint density at radius 2 is 2.13 bits per heavy atom. The number of aryl methyl sites for hydroxylation is 2. The number of thioether (sulfide) groups is 1. The van der Waals surface area contributed by atoms with Crippen LogP contribution in [-0.4, -0.2) is 38.1 Å². The number of aromatic nitrogens is 3. The Kier molecular flexibility index (Phi) is 6.10.